The molecule has 1 aromatic carbocycles. The van der Waals surface area contributed by atoms with Crippen LogP contribution in [0.15, 0.2) is 24.3 Å². The Morgan fingerprint density at radius 3 is 2.58 bits per heavy atom. The molecule has 3 fully saturated rings. The number of hydrogen-bond acceptors (Lipinski definition) is 3. The fourth-order valence-electron chi connectivity index (χ4n) is 3.65. The molecule has 1 heterocycles. The van der Waals surface area contributed by atoms with E-state index < -0.39 is 0 Å². The maximum atomic E-state index is 12.5. The molecule has 1 amide bonds. The van der Waals surface area contributed by atoms with Gasteiger partial charge >= 0.3 is 0 Å². The summed E-state index contributed by atoms with van der Waals surface area (Å²) in [6, 6.07) is 9.81. The van der Waals surface area contributed by atoms with E-state index in [-0.39, 0.29) is 24.4 Å². The highest BCUT2D eigenvalue weighted by Crippen LogP contribution is 2.42. The maximum absolute atomic E-state index is 12.5. The molecule has 0 radical (unpaired) electrons. The fraction of sp³-hybridized carbons (Fsp3) is 0.632. The Hall–Kier alpha value is -1.10. The SMILES string of the molecule is Cl.O=C(NC1CCOCC1)c1cccc([C@@H]2C[C@H]2NC2CCC2)c1. The van der Waals surface area contributed by atoms with Crippen LogP contribution in [0.4, 0.5) is 0 Å². The van der Waals surface area contributed by atoms with Crippen LogP contribution in [0, 0.1) is 0 Å². The summed E-state index contributed by atoms with van der Waals surface area (Å²) >= 11 is 0. The molecular formula is C19H27ClN2O2. The van der Waals surface area contributed by atoms with Crippen molar-refractivity contribution in [1.29, 1.82) is 0 Å². The lowest BCUT2D eigenvalue weighted by Gasteiger charge is -2.26. The summed E-state index contributed by atoms with van der Waals surface area (Å²) in [5.74, 6) is 0.648. The summed E-state index contributed by atoms with van der Waals surface area (Å²) < 4.78 is 5.34. The van der Waals surface area contributed by atoms with Gasteiger partial charge in [0.25, 0.3) is 5.91 Å². The molecule has 0 aromatic heterocycles. The Bertz CT molecular complexity index is 570. The molecule has 2 N–H and O–H groups in total. The molecule has 0 bridgehead atoms. The van der Waals surface area contributed by atoms with Crippen molar-refractivity contribution >= 4 is 18.3 Å². The number of carbonyl (C=O) groups is 1. The standard InChI is InChI=1S/C19H26N2O2.ClH/c22-19(21-16-7-9-23-10-8-16)14-4-1-3-13(11-14)17-12-18(17)20-15-5-2-6-15;/h1,3-4,11,15-18,20H,2,5-10,12H2,(H,21,22);1H/t17-,18+;/m0./s1. The Morgan fingerprint density at radius 1 is 1.08 bits per heavy atom. The zero-order chi connectivity index (χ0) is 15.6. The Labute approximate surface area is 150 Å². The van der Waals surface area contributed by atoms with Crippen LogP contribution in [0.25, 0.3) is 0 Å². The van der Waals surface area contributed by atoms with Crippen LogP contribution in [-0.2, 0) is 4.74 Å². The minimum absolute atomic E-state index is 0. The summed E-state index contributed by atoms with van der Waals surface area (Å²) in [5, 5.41) is 6.89. The van der Waals surface area contributed by atoms with Crippen LogP contribution in [0.2, 0.25) is 0 Å². The van der Waals surface area contributed by atoms with E-state index in [4.69, 9.17) is 4.74 Å². The zero-order valence-corrected chi connectivity index (χ0v) is 14.8. The molecular weight excluding hydrogens is 324 g/mol. The van der Waals surface area contributed by atoms with Crippen LogP contribution >= 0.6 is 12.4 Å². The topological polar surface area (TPSA) is 50.4 Å². The van der Waals surface area contributed by atoms with Gasteiger partial charge in [-0.3, -0.25) is 4.79 Å². The average molecular weight is 351 g/mol. The van der Waals surface area contributed by atoms with Crippen molar-refractivity contribution in [3.63, 3.8) is 0 Å². The minimum Gasteiger partial charge on any atom is -0.381 e. The zero-order valence-electron chi connectivity index (χ0n) is 14.0. The van der Waals surface area contributed by atoms with Crippen LogP contribution < -0.4 is 10.6 Å². The molecule has 2 aliphatic carbocycles. The summed E-state index contributed by atoms with van der Waals surface area (Å²) in [7, 11) is 0. The van der Waals surface area contributed by atoms with Crippen molar-refractivity contribution in [2.24, 2.45) is 0 Å². The van der Waals surface area contributed by atoms with E-state index in [1.807, 2.05) is 12.1 Å². The van der Waals surface area contributed by atoms with E-state index >= 15 is 0 Å². The highest BCUT2D eigenvalue weighted by atomic mass is 35.5. The van der Waals surface area contributed by atoms with Gasteiger partial charge in [0.1, 0.15) is 0 Å². The second-order valence-corrected chi connectivity index (χ2v) is 7.23. The van der Waals surface area contributed by atoms with Crippen molar-refractivity contribution in [3.05, 3.63) is 35.4 Å². The molecule has 24 heavy (non-hydrogen) atoms. The van der Waals surface area contributed by atoms with Gasteiger partial charge in [0.15, 0.2) is 0 Å². The highest BCUT2D eigenvalue weighted by Gasteiger charge is 2.40. The smallest absolute Gasteiger partial charge is 0.251 e. The number of halogens is 1. The Morgan fingerprint density at radius 2 is 1.88 bits per heavy atom. The van der Waals surface area contributed by atoms with Gasteiger partial charge in [0.05, 0.1) is 0 Å². The van der Waals surface area contributed by atoms with Gasteiger partial charge in [-0.05, 0) is 49.8 Å². The van der Waals surface area contributed by atoms with Gasteiger partial charge in [-0.2, -0.15) is 0 Å². The number of carbonyl (C=O) groups excluding carboxylic acids is 1. The van der Waals surface area contributed by atoms with Crippen molar-refractivity contribution in [2.75, 3.05) is 13.2 Å². The number of hydrogen-bond donors (Lipinski definition) is 2. The number of ether oxygens (including phenoxy) is 1. The van der Waals surface area contributed by atoms with Gasteiger partial charge in [0, 0.05) is 42.8 Å². The first-order chi connectivity index (χ1) is 11.3. The number of amides is 1. The van der Waals surface area contributed by atoms with Crippen molar-refractivity contribution < 1.29 is 9.53 Å². The van der Waals surface area contributed by atoms with E-state index in [9.17, 15) is 4.79 Å². The quantitative estimate of drug-likeness (QED) is 0.858. The molecule has 0 spiro atoms. The number of nitrogens with one attached hydrogen (secondary N) is 2. The molecule has 1 aromatic rings. The average Bonchev–Trinajstić information content (AvgIpc) is 3.32. The summed E-state index contributed by atoms with van der Waals surface area (Å²) in [6.45, 7) is 1.50. The van der Waals surface area contributed by atoms with Crippen LogP contribution in [-0.4, -0.2) is 37.2 Å². The lowest BCUT2D eigenvalue weighted by molar-refractivity contribution is 0.0696. The van der Waals surface area contributed by atoms with Crippen LogP contribution in [0.3, 0.4) is 0 Å². The van der Waals surface area contributed by atoms with Gasteiger partial charge in [-0.25, -0.2) is 0 Å². The lowest BCUT2D eigenvalue weighted by Crippen LogP contribution is -2.38. The van der Waals surface area contributed by atoms with Crippen molar-refractivity contribution in [2.45, 2.75) is 62.6 Å². The summed E-state index contributed by atoms with van der Waals surface area (Å²) in [6.07, 6.45) is 7.08. The first-order valence-corrected chi connectivity index (χ1v) is 9.04. The van der Waals surface area contributed by atoms with E-state index in [0.717, 1.165) is 37.7 Å². The second kappa shape index (κ2) is 7.85. The van der Waals surface area contributed by atoms with Crippen molar-refractivity contribution in [3.8, 4) is 0 Å². The molecule has 5 heteroatoms. The first-order valence-electron chi connectivity index (χ1n) is 9.04. The molecule has 0 unspecified atom stereocenters. The Balaban J connectivity index is 0.00000169. The predicted molar refractivity (Wildman–Crippen MR) is 96.9 cm³/mol. The predicted octanol–water partition coefficient (Wildman–Crippen LogP) is 3.02. The maximum Gasteiger partial charge on any atom is 0.251 e. The first kappa shape index (κ1) is 17.7. The third kappa shape index (κ3) is 4.11. The molecule has 3 aliphatic rings. The van der Waals surface area contributed by atoms with Gasteiger partial charge in [-0.15, -0.1) is 12.4 Å². The van der Waals surface area contributed by atoms with Gasteiger partial charge < -0.3 is 15.4 Å². The Kier molecular flexibility index (Phi) is 5.80. The molecule has 2 saturated carbocycles. The molecule has 4 rings (SSSR count). The fourth-order valence-corrected chi connectivity index (χ4v) is 3.65. The summed E-state index contributed by atoms with van der Waals surface area (Å²) in [4.78, 5) is 12.5. The van der Waals surface area contributed by atoms with Crippen LogP contribution in [0.5, 0.6) is 0 Å². The molecule has 132 valence electrons. The molecule has 4 nitrogen and oxygen atoms in total. The lowest BCUT2D eigenvalue weighted by atomic mass is 9.93. The third-order valence-corrected chi connectivity index (χ3v) is 5.48. The van der Waals surface area contributed by atoms with E-state index in [2.05, 4.69) is 22.8 Å². The van der Waals surface area contributed by atoms with Crippen LogP contribution in [0.1, 0.15) is 60.4 Å². The summed E-state index contributed by atoms with van der Waals surface area (Å²) in [5.41, 5.74) is 2.10. The van der Waals surface area contributed by atoms with Gasteiger partial charge in [0.2, 0.25) is 0 Å². The highest BCUT2D eigenvalue weighted by molar-refractivity contribution is 5.94. The molecule has 1 saturated heterocycles. The monoisotopic (exact) mass is 350 g/mol. The molecule has 2 atom stereocenters. The molecule has 1 aliphatic heterocycles. The van der Waals surface area contributed by atoms with Crippen molar-refractivity contribution in [1.82, 2.24) is 10.6 Å². The minimum atomic E-state index is 0. The van der Waals surface area contributed by atoms with E-state index in [0.29, 0.717) is 12.0 Å². The van der Waals surface area contributed by atoms with E-state index in [1.165, 1.54) is 31.2 Å². The normalized spacial score (nSPS) is 27.0. The van der Waals surface area contributed by atoms with Gasteiger partial charge in [-0.1, -0.05) is 18.6 Å². The number of benzene rings is 1. The second-order valence-electron chi connectivity index (χ2n) is 7.23. The number of rotatable bonds is 5. The largest absolute Gasteiger partial charge is 0.381 e. The third-order valence-electron chi connectivity index (χ3n) is 5.48. The van der Waals surface area contributed by atoms with E-state index in [1.54, 1.807) is 0 Å².